The summed E-state index contributed by atoms with van der Waals surface area (Å²) in [6.45, 7) is 0. The van der Waals surface area contributed by atoms with Crippen molar-refractivity contribution in [1.29, 1.82) is 0 Å². The highest BCUT2D eigenvalue weighted by Crippen LogP contribution is 2.20. The minimum absolute atomic E-state index is 0.141. The molecule has 70 valence electrons. The number of alkyl halides is 1. The standard InChI is InChI=1S/C9H7BrF2O/c10-3-1-2-7-8(11)4-6(13)5-9(7)12/h1-2,4-5,13H,3H2. The van der Waals surface area contributed by atoms with Crippen molar-refractivity contribution in [3.63, 3.8) is 0 Å². The monoisotopic (exact) mass is 248 g/mol. The molecule has 0 heterocycles. The molecule has 1 nitrogen and oxygen atoms in total. The van der Waals surface area contributed by atoms with Crippen LogP contribution in [0.15, 0.2) is 18.2 Å². The van der Waals surface area contributed by atoms with Crippen molar-refractivity contribution < 1.29 is 13.9 Å². The molecule has 0 bridgehead atoms. The van der Waals surface area contributed by atoms with Crippen LogP contribution in [0.2, 0.25) is 0 Å². The van der Waals surface area contributed by atoms with E-state index in [9.17, 15) is 8.78 Å². The van der Waals surface area contributed by atoms with Gasteiger partial charge >= 0.3 is 0 Å². The summed E-state index contributed by atoms with van der Waals surface area (Å²) in [6, 6.07) is 1.74. The maximum absolute atomic E-state index is 13.0. The van der Waals surface area contributed by atoms with E-state index in [2.05, 4.69) is 15.9 Å². The summed E-state index contributed by atoms with van der Waals surface area (Å²) >= 11 is 3.09. The van der Waals surface area contributed by atoms with Gasteiger partial charge in [0, 0.05) is 23.0 Å². The minimum atomic E-state index is -0.769. The lowest BCUT2D eigenvalue weighted by Gasteiger charge is -1.99. The lowest BCUT2D eigenvalue weighted by Crippen LogP contribution is -1.88. The van der Waals surface area contributed by atoms with E-state index in [0.717, 1.165) is 12.1 Å². The molecular formula is C9H7BrF2O. The summed E-state index contributed by atoms with van der Waals surface area (Å²) in [5.74, 6) is -1.95. The highest BCUT2D eigenvalue weighted by Gasteiger charge is 2.07. The lowest BCUT2D eigenvalue weighted by atomic mass is 10.2. The van der Waals surface area contributed by atoms with Gasteiger partial charge in [-0.15, -0.1) is 0 Å². The zero-order valence-corrected chi connectivity index (χ0v) is 8.18. The van der Waals surface area contributed by atoms with E-state index in [-0.39, 0.29) is 5.56 Å². The molecule has 0 atom stereocenters. The molecule has 1 rings (SSSR count). The first kappa shape index (κ1) is 10.2. The van der Waals surface area contributed by atoms with Crippen molar-refractivity contribution in [2.24, 2.45) is 0 Å². The maximum atomic E-state index is 13.0. The highest BCUT2D eigenvalue weighted by molar-refractivity contribution is 9.09. The average molecular weight is 249 g/mol. The molecule has 0 aliphatic carbocycles. The van der Waals surface area contributed by atoms with Crippen molar-refractivity contribution in [1.82, 2.24) is 0 Å². The molecule has 0 fully saturated rings. The molecular weight excluding hydrogens is 242 g/mol. The Hall–Kier alpha value is -0.900. The van der Waals surface area contributed by atoms with E-state index in [1.54, 1.807) is 6.08 Å². The molecule has 0 aliphatic rings. The Morgan fingerprint density at radius 1 is 1.31 bits per heavy atom. The van der Waals surface area contributed by atoms with Crippen LogP contribution in [-0.2, 0) is 0 Å². The maximum Gasteiger partial charge on any atom is 0.137 e. The van der Waals surface area contributed by atoms with Crippen molar-refractivity contribution in [2.45, 2.75) is 0 Å². The third-order valence-corrected chi connectivity index (χ3v) is 1.81. The summed E-state index contributed by atoms with van der Waals surface area (Å²) < 4.78 is 25.9. The quantitative estimate of drug-likeness (QED) is 0.798. The SMILES string of the molecule is Oc1cc(F)c(C=CCBr)c(F)c1. The van der Waals surface area contributed by atoms with E-state index in [1.165, 1.54) is 6.08 Å². The van der Waals surface area contributed by atoms with Crippen molar-refractivity contribution in [2.75, 3.05) is 5.33 Å². The molecule has 0 amide bonds. The smallest absolute Gasteiger partial charge is 0.137 e. The first-order valence-corrected chi connectivity index (χ1v) is 4.68. The number of hydrogen-bond acceptors (Lipinski definition) is 1. The van der Waals surface area contributed by atoms with Crippen LogP contribution in [0.1, 0.15) is 5.56 Å². The molecule has 0 saturated carbocycles. The van der Waals surface area contributed by atoms with Gasteiger partial charge in [0.25, 0.3) is 0 Å². The molecule has 0 radical (unpaired) electrons. The number of phenolic OH excluding ortho intramolecular Hbond substituents is 1. The van der Waals surface area contributed by atoms with Crippen LogP contribution in [0.5, 0.6) is 5.75 Å². The summed E-state index contributed by atoms with van der Waals surface area (Å²) in [5, 5.41) is 9.35. The molecule has 4 heteroatoms. The number of aromatic hydroxyl groups is 1. The van der Waals surface area contributed by atoms with Crippen molar-refractivity contribution >= 4 is 22.0 Å². The van der Waals surface area contributed by atoms with E-state index < -0.39 is 17.4 Å². The molecule has 1 N–H and O–H groups in total. The Labute approximate surface area is 82.8 Å². The molecule has 13 heavy (non-hydrogen) atoms. The van der Waals surface area contributed by atoms with E-state index in [0.29, 0.717) is 5.33 Å². The van der Waals surface area contributed by atoms with Gasteiger partial charge in [-0.05, 0) is 0 Å². The number of halogens is 3. The topological polar surface area (TPSA) is 20.2 Å². The minimum Gasteiger partial charge on any atom is -0.508 e. The van der Waals surface area contributed by atoms with Crippen LogP contribution in [0.25, 0.3) is 6.08 Å². The van der Waals surface area contributed by atoms with E-state index in [1.807, 2.05) is 0 Å². The zero-order chi connectivity index (χ0) is 9.84. The number of benzene rings is 1. The van der Waals surface area contributed by atoms with Gasteiger partial charge in [-0.25, -0.2) is 8.78 Å². The lowest BCUT2D eigenvalue weighted by molar-refractivity contribution is 0.460. The number of rotatable bonds is 2. The van der Waals surface area contributed by atoms with Gasteiger partial charge in [0.15, 0.2) is 0 Å². The van der Waals surface area contributed by atoms with Crippen LogP contribution < -0.4 is 0 Å². The van der Waals surface area contributed by atoms with Gasteiger partial charge in [0.2, 0.25) is 0 Å². The normalized spacial score (nSPS) is 11.0. The number of hydrogen-bond donors (Lipinski definition) is 1. The predicted octanol–water partition coefficient (Wildman–Crippen LogP) is 3.08. The van der Waals surface area contributed by atoms with Gasteiger partial charge < -0.3 is 5.11 Å². The summed E-state index contributed by atoms with van der Waals surface area (Å²) in [7, 11) is 0. The third kappa shape index (κ3) is 2.52. The Morgan fingerprint density at radius 2 is 1.85 bits per heavy atom. The van der Waals surface area contributed by atoms with Gasteiger partial charge in [0.05, 0.1) is 0 Å². The Bertz CT molecular complexity index is 313. The van der Waals surface area contributed by atoms with Gasteiger partial charge in [-0.2, -0.15) is 0 Å². The Balaban J connectivity index is 3.13. The first-order valence-electron chi connectivity index (χ1n) is 3.55. The molecule has 0 aromatic heterocycles. The fraction of sp³-hybridized carbons (Fsp3) is 0.111. The van der Waals surface area contributed by atoms with Crippen LogP contribution in [0.3, 0.4) is 0 Å². The third-order valence-electron chi connectivity index (χ3n) is 1.44. The van der Waals surface area contributed by atoms with Crippen LogP contribution in [-0.4, -0.2) is 10.4 Å². The fourth-order valence-corrected chi connectivity index (χ4v) is 1.08. The second kappa shape index (κ2) is 4.37. The Kier molecular flexibility index (Phi) is 3.42. The molecule has 0 spiro atoms. The number of allylic oxidation sites excluding steroid dienone is 1. The van der Waals surface area contributed by atoms with E-state index >= 15 is 0 Å². The fourth-order valence-electron chi connectivity index (χ4n) is 0.893. The number of phenols is 1. The molecule has 1 aromatic carbocycles. The molecule has 0 unspecified atom stereocenters. The van der Waals surface area contributed by atoms with Crippen molar-refractivity contribution in [3.8, 4) is 5.75 Å². The van der Waals surface area contributed by atoms with Crippen LogP contribution in [0, 0.1) is 11.6 Å². The molecule has 0 aliphatic heterocycles. The molecule has 1 aromatic rings. The van der Waals surface area contributed by atoms with Crippen LogP contribution >= 0.6 is 15.9 Å². The van der Waals surface area contributed by atoms with Crippen molar-refractivity contribution in [3.05, 3.63) is 35.4 Å². The first-order chi connectivity index (χ1) is 6.15. The van der Waals surface area contributed by atoms with Gasteiger partial charge in [-0.1, -0.05) is 28.1 Å². The highest BCUT2D eigenvalue weighted by atomic mass is 79.9. The second-order valence-electron chi connectivity index (χ2n) is 2.38. The largest absolute Gasteiger partial charge is 0.508 e. The molecule has 0 saturated heterocycles. The summed E-state index contributed by atoms with van der Waals surface area (Å²) in [5.41, 5.74) is -0.141. The van der Waals surface area contributed by atoms with Crippen LogP contribution in [0.4, 0.5) is 8.78 Å². The zero-order valence-electron chi connectivity index (χ0n) is 6.60. The summed E-state index contributed by atoms with van der Waals surface area (Å²) in [6.07, 6.45) is 2.89. The average Bonchev–Trinajstić information content (AvgIpc) is 2.02. The van der Waals surface area contributed by atoms with Gasteiger partial charge in [0.1, 0.15) is 17.4 Å². The Morgan fingerprint density at radius 3 is 2.31 bits per heavy atom. The van der Waals surface area contributed by atoms with Gasteiger partial charge in [-0.3, -0.25) is 0 Å². The summed E-state index contributed by atoms with van der Waals surface area (Å²) in [4.78, 5) is 0. The second-order valence-corrected chi connectivity index (χ2v) is 3.03. The predicted molar refractivity (Wildman–Crippen MR) is 50.9 cm³/mol. The van der Waals surface area contributed by atoms with E-state index in [4.69, 9.17) is 5.11 Å².